The van der Waals surface area contributed by atoms with Crippen LogP contribution in [0.1, 0.15) is 27.7 Å². The van der Waals surface area contributed by atoms with Crippen LogP contribution in [0.5, 0.6) is 0 Å². The van der Waals surface area contributed by atoms with Crippen molar-refractivity contribution in [3.05, 3.63) is 0 Å². The van der Waals surface area contributed by atoms with Crippen LogP contribution in [0.15, 0.2) is 0 Å². The van der Waals surface area contributed by atoms with Gasteiger partial charge in [0.05, 0.1) is 11.7 Å². The molecule has 4 heteroatoms. The molecule has 80 valence electrons. The molecule has 0 atom stereocenters. The minimum Gasteiger partial charge on any atom is -0.366 e. The molecule has 0 spiro atoms. The summed E-state index contributed by atoms with van der Waals surface area (Å²) in [6, 6.07) is 1.95. The summed E-state index contributed by atoms with van der Waals surface area (Å²) in [7, 11) is 0. The first-order valence-electron chi connectivity index (χ1n) is 4.69. The maximum Gasteiger partial charge on any atom is 0.249 e. The summed E-state index contributed by atoms with van der Waals surface area (Å²) in [6.07, 6.45) is 0. The van der Waals surface area contributed by atoms with Gasteiger partial charge in [0.15, 0.2) is 0 Å². The molecule has 0 bridgehead atoms. The molecule has 0 unspecified atom stereocenters. The first kappa shape index (κ1) is 12.9. The van der Waals surface area contributed by atoms with Crippen LogP contribution in [-0.2, 0) is 9.53 Å². The Hall–Kier alpha value is -1.08. The maximum absolute atomic E-state index is 11.5. The molecule has 14 heavy (non-hydrogen) atoms. The third kappa shape index (κ3) is 5.55. The van der Waals surface area contributed by atoms with Crippen LogP contribution < -0.4 is 0 Å². The molecule has 0 saturated carbocycles. The lowest BCUT2D eigenvalue weighted by atomic mass is 10.2. The number of carbonyl (C=O) groups excluding carboxylic acids is 1. The van der Waals surface area contributed by atoms with Crippen molar-refractivity contribution in [1.82, 2.24) is 4.90 Å². The molecule has 0 radical (unpaired) electrons. The van der Waals surface area contributed by atoms with Crippen molar-refractivity contribution in [2.24, 2.45) is 0 Å². The highest BCUT2D eigenvalue weighted by atomic mass is 16.5. The molecule has 0 rings (SSSR count). The molecule has 0 aliphatic carbocycles. The second-order valence-corrected chi connectivity index (χ2v) is 3.97. The number of carbonyl (C=O) groups is 1. The van der Waals surface area contributed by atoms with Gasteiger partial charge in [-0.2, -0.15) is 5.26 Å². The summed E-state index contributed by atoms with van der Waals surface area (Å²) in [5, 5.41) is 8.46. The molecule has 0 aromatic heterocycles. The summed E-state index contributed by atoms with van der Waals surface area (Å²) in [5.41, 5.74) is -0.318. The van der Waals surface area contributed by atoms with Crippen LogP contribution in [0.4, 0.5) is 0 Å². The van der Waals surface area contributed by atoms with Crippen LogP contribution in [-0.4, -0.2) is 36.1 Å². The normalized spacial score (nSPS) is 10.8. The second kappa shape index (κ2) is 5.61. The van der Waals surface area contributed by atoms with Gasteiger partial charge in [0, 0.05) is 6.54 Å². The van der Waals surface area contributed by atoms with E-state index in [1.807, 2.05) is 33.8 Å². The summed E-state index contributed by atoms with van der Waals surface area (Å²) >= 11 is 0. The number of rotatable bonds is 4. The predicted octanol–water partition coefficient (Wildman–Crippen LogP) is 1.17. The Kier molecular flexibility index (Phi) is 5.18. The van der Waals surface area contributed by atoms with Crippen molar-refractivity contribution in [2.45, 2.75) is 33.3 Å². The van der Waals surface area contributed by atoms with Gasteiger partial charge in [0.1, 0.15) is 13.2 Å². The summed E-state index contributed by atoms with van der Waals surface area (Å²) in [4.78, 5) is 12.9. The Labute approximate surface area is 85.5 Å². The minimum absolute atomic E-state index is 0.0407. The molecule has 0 aromatic carbocycles. The Bertz CT molecular complexity index is 225. The van der Waals surface area contributed by atoms with Gasteiger partial charge in [0.25, 0.3) is 0 Å². The van der Waals surface area contributed by atoms with Gasteiger partial charge < -0.3 is 9.64 Å². The van der Waals surface area contributed by atoms with Gasteiger partial charge in [-0.1, -0.05) is 0 Å². The van der Waals surface area contributed by atoms with Crippen LogP contribution in [0.3, 0.4) is 0 Å². The van der Waals surface area contributed by atoms with Gasteiger partial charge in [-0.25, -0.2) is 0 Å². The van der Waals surface area contributed by atoms with Crippen molar-refractivity contribution >= 4 is 5.91 Å². The highest BCUT2D eigenvalue weighted by molar-refractivity contribution is 5.77. The highest BCUT2D eigenvalue weighted by Gasteiger charge is 2.16. The third-order valence-corrected chi connectivity index (χ3v) is 1.62. The van der Waals surface area contributed by atoms with Gasteiger partial charge in [0.2, 0.25) is 5.91 Å². The van der Waals surface area contributed by atoms with E-state index in [1.54, 1.807) is 0 Å². The first-order valence-corrected chi connectivity index (χ1v) is 4.69. The Morgan fingerprint density at radius 2 is 2.07 bits per heavy atom. The highest BCUT2D eigenvalue weighted by Crippen LogP contribution is 2.06. The standard InChI is InChI=1S/C10H18N2O2/c1-5-12(7-6-11)9(13)8-14-10(2,3)4/h5,7-8H2,1-4H3. The first-order chi connectivity index (χ1) is 6.40. The fourth-order valence-corrected chi connectivity index (χ4v) is 0.831. The lowest BCUT2D eigenvalue weighted by molar-refractivity contribution is -0.140. The minimum atomic E-state index is -0.318. The van der Waals surface area contributed by atoms with E-state index in [9.17, 15) is 4.79 Å². The molecule has 0 aliphatic rings. The van der Waals surface area contributed by atoms with E-state index in [0.29, 0.717) is 6.54 Å². The quantitative estimate of drug-likeness (QED) is 0.637. The molecule has 0 aliphatic heterocycles. The monoisotopic (exact) mass is 198 g/mol. The van der Waals surface area contributed by atoms with E-state index >= 15 is 0 Å². The van der Waals surface area contributed by atoms with Crippen molar-refractivity contribution in [3.8, 4) is 6.07 Å². The lowest BCUT2D eigenvalue weighted by Crippen LogP contribution is -2.36. The number of amides is 1. The third-order valence-electron chi connectivity index (χ3n) is 1.62. The zero-order chi connectivity index (χ0) is 11.2. The molecular formula is C10H18N2O2. The number of nitriles is 1. The van der Waals surface area contributed by atoms with E-state index in [1.165, 1.54) is 4.90 Å². The topological polar surface area (TPSA) is 53.3 Å². The van der Waals surface area contributed by atoms with Crippen LogP contribution in [0.25, 0.3) is 0 Å². The predicted molar refractivity (Wildman–Crippen MR) is 53.6 cm³/mol. The lowest BCUT2D eigenvalue weighted by Gasteiger charge is -2.22. The molecular weight excluding hydrogens is 180 g/mol. The fourth-order valence-electron chi connectivity index (χ4n) is 0.831. The number of hydrogen-bond acceptors (Lipinski definition) is 3. The van der Waals surface area contributed by atoms with E-state index in [0.717, 1.165) is 0 Å². The Morgan fingerprint density at radius 3 is 2.43 bits per heavy atom. The van der Waals surface area contributed by atoms with Gasteiger partial charge >= 0.3 is 0 Å². The van der Waals surface area contributed by atoms with Crippen molar-refractivity contribution < 1.29 is 9.53 Å². The van der Waals surface area contributed by atoms with Gasteiger partial charge in [-0.3, -0.25) is 4.79 Å². The Balaban J connectivity index is 4.00. The van der Waals surface area contributed by atoms with Crippen LogP contribution in [0, 0.1) is 11.3 Å². The summed E-state index contributed by atoms with van der Waals surface area (Å²) < 4.78 is 5.32. The molecule has 0 saturated heterocycles. The number of ether oxygens (including phenoxy) is 1. The van der Waals surface area contributed by atoms with E-state index in [4.69, 9.17) is 10.00 Å². The molecule has 0 aromatic rings. The molecule has 1 amide bonds. The van der Waals surface area contributed by atoms with Crippen molar-refractivity contribution in [3.63, 3.8) is 0 Å². The van der Waals surface area contributed by atoms with Crippen molar-refractivity contribution in [2.75, 3.05) is 19.7 Å². The fraction of sp³-hybridized carbons (Fsp3) is 0.800. The van der Waals surface area contributed by atoms with E-state index < -0.39 is 0 Å². The smallest absolute Gasteiger partial charge is 0.249 e. The molecule has 0 fully saturated rings. The zero-order valence-corrected chi connectivity index (χ0v) is 9.33. The molecule has 0 heterocycles. The van der Waals surface area contributed by atoms with Crippen LogP contribution >= 0.6 is 0 Å². The summed E-state index contributed by atoms with van der Waals surface area (Å²) in [5.74, 6) is -0.135. The van der Waals surface area contributed by atoms with E-state index in [-0.39, 0.29) is 24.7 Å². The van der Waals surface area contributed by atoms with Crippen molar-refractivity contribution in [1.29, 1.82) is 5.26 Å². The maximum atomic E-state index is 11.5. The average molecular weight is 198 g/mol. The largest absolute Gasteiger partial charge is 0.366 e. The van der Waals surface area contributed by atoms with Gasteiger partial charge in [-0.05, 0) is 27.7 Å². The SMILES string of the molecule is CCN(CC#N)C(=O)COC(C)(C)C. The average Bonchev–Trinajstić information content (AvgIpc) is 2.09. The number of hydrogen-bond donors (Lipinski definition) is 0. The molecule has 0 N–H and O–H groups in total. The zero-order valence-electron chi connectivity index (χ0n) is 9.33. The van der Waals surface area contributed by atoms with E-state index in [2.05, 4.69) is 0 Å². The molecule has 4 nitrogen and oxygen atoms in total. The number of nitrogens with zero attached hydrogens (tertiary/aromatic N) is 2. The second-order valence-electron chi connectivity index (χ2n) is 3.97. The number of likely N-dealkylation sites (N-methyl/N-ethyl adjacent to an activating group) is 1. The Morgan fingerprint density at radius 1 is 1.50 bits per heavy atom. The van der Waals surface area contributed by atoms with Gasteiger partial charge in [-0.15, -0.1) is 0 Å². The van der Waals surface area contributed by atoms with Crippen LogP contribution in [0.2, 0.25) is 0 Å². The summed E-state index contributed by atoms with van der Waals surface area (Å²) in [6.45, 7) is 8.22.